The molecule has 0 aliphatic carbocycles. The summed E-state index contributed by atoms with van der Waals surface area (Å²) in [6.45, 7) is 8.55. The van der Waals surface area contributed by atoms with Gasteiger partial charge in [0.2, 0.25) is 0 Å². The zero-order valence-electron chi connectivity index (χ0n) is 14.5. The molecule has 0 aromatic heterocycles. The van der Waals surface area contributed by atoms with Crippen molar-refractivity contribution in [1.82, 2.24) is 10.2 Å². The Hall–Kier alpha value is -1.59. The summed E-state index contributed by atoms with van der Waals surface area (Å²) >= 11 is 0. The van der Waals surface area contributed by atoms with Crippen LogP contribution >= 0.6 is 0 Å². The first-order valence-electron chi connectivity index (χ1n) is 8.23. The van der Waals surface area contributed by atoms with Gasteiger partial charge in [-0.25, -0.2) is 4.79 Å². The molecule has 0 spiro atoms. The number of benzene rings is 1. The lowest BCUT2D eigenvalue weighted by Crippen LogP contribution is -2.46. The molecule has 0 saturated carbocycles. The molecule has 1 saturated heterocycles. The zero-order valence-corrected chi connectivity index (χ0v) is 14.5. The quantitative estimate of drug-likeness (QED) is 0.895. The lowest BCUT2D eigenvalue weighted by molar-refractivity contribution is 0.0483. The van der Waals surface area contributed by atoms with Gasteiger partial charge in [0.05, 0.1) is 12.6 Å². The minimum atomic E-state index is -0.497. The normalized spacial score (nSPS) is 23.5. The largest absolute Gasteiger partial charge is 0.444 e. The second-order valence-electron chi connectivity index (χ2n) is 7.13. The first-order valence-corrected chi connectivity index (χ1v) is 8.23. The standard InChI is InChI=1S/C18H28N2O3/c1-13-15(19-17(22)23-18(2,3)4)10-11-20(13)16(12-21)14-8-6-5-7-9-14/h5-9,13,15-16,21H,10-12H2,1-4H3,(H,19,22)/t13-,15+,16+/m0/s1. The van der Waals surface area contributed by atoms with E-state index in [0.717, 1.165) is 18.5 Å². The number of hydrogen-bond acceptors (Lipinski definition) is 4. The molecule has 1 aliphatic heterocycles. The van der Waals surface area contributed by atoms with E-state index in [0.29, 0.717) is 0 Å². The molecule has 0 bridgehead atoms. The summed E-state index contributed by atoms with van der Waals surface area (Å²) in [7, 11) is 0. The van der Waals surface area contributed by atoms with Gasteiger partial charge < -0.3 is 15.2 Å². The van der Waals surface area contributed by atoms with Crippen LogP contribution in [0.4, 0.5) is 4.79 Å². The molecule has 0 unspecified atom stereocenters. The van der Waals surface area contributed by atoms with Gasteiger partial charge in [0.15, 0.2) is 0 Å². The molecular weight excluding hydrogens is 292 g/mol. The minimum absolute atomic E-state index is 0.0302. The molecule has 2 N–H and O–H groups in total. The summed E-state index contributed by atoms with van der Waals surface area (Å²) in [6, 6.07) is 10.1. The number of likely N-dealkylation sites (tertiary alicyclic amines) is 1. The number of alkyl carbamates (subject to hydrolysis) is 1. The van der Waals surface area contributed by atoms with Crippen LogP contribution < -0.4 is 5.32 Å². The smallest absolute Gasteiger partial charge is 0.407 e. The van der Waals surface area contributed by atoms with Gasteiger partial charge in [-0.05, 0) is 39.7 Å². The lowest BCUT2D eigenvalue weighted by atomic mass is 10.0. The number of nitrogens with one attached hydrogen (secondary N) is 1. The summed E-state index contributed by atoms with van der Waals surface area (Å²) in [5.74, 6) is 0. The van der Waals surface area contributed by atoms with Crippen LogP contribution in [0.1, 0.15) is 45.7 Å². The van der Waals surface area contributed by atoms with Crippen LogP contribution in [0.2, 0.25) is 0 Å². The number of amides is 1. The van der Waals surface area contributed by atoms with E-state index in [9.17, 15) is 9.90 Å². The molecule has 0 radical (unpaired) electrons. The molecule has 1 aromatic rings. The molecule has 1 heterocycles. The maximum absolute atomic E-state index is 12.0. The Balaban J connectivity index is 2.00. The van der Waals surface area contributed by atoms with Gasteiger partial charge in [0.25, 0.3) is 0 Å². The van der Waals surface area contributed by atoms with Gasteiger partial charge in [0, 0.05) is 18.6 Å². The van der Waals surface area contributed by atoms with Crippen molar-refractivity contribution in [3.05, 3.63) is 35.9 Å². The Bertz CT molecular complexity index is 513. The van der Waals surface area contributed by atoms with Gasteiger partial charge in [-0.2, -0.15) is 0 Å². The summed E-state index contributed by atoms with van der Waals surface area (Å²) in [5.41, 5.74) is 0.600. The Morgan fingerprint density at radius 1 is 1.39 bits per heavy atom. The Kier molecular flexibility index (Phi) is 5.65. The number of aliphatic hydroxyl groups excluding tert-OH is 1. The van der Waals surface area contributed by atoms with Gasteiger partial charge in [-0.3, -0.25) is 4.90 Å². The van der Waals surface area contributed by atoms with E-state index in [-0.39, 0.29) is 30.8 Å². The summed E-state index contributed by atoms with van der Waals surface area (Å²) in [5, 5.41) is 12.8. The first kappa shape index (κ1) is 17.8. The van der Waals surface area contributed by atoms with Crippen LogP contribution in [0.15, 0.2) is 30.3 Å². The van der Waals surface area contributed by atoms with Crippen LogP contribution in [0.3, 0.4) is 0 Å². The summed E-state index contributed by atoms with van der Waals surface area (Å²) in [4.78, 5) is 14.2. The van der Waals surface area contributed by atoms with Crippen molar-refractivity contribution < 1.29 is 14.6 Å². The predicted molar refractivity (Wildman–Crippen MR) is 90.2 cm³/mol. The molecular formula is C18H28N2O3. The van der Waals surface area contributed by atoms with E-state index in [1.54, 1.807) is 0 Å². The molecule has 3 atom stereocenters. The van der Waals surface area contributed by atoms with E-state index >= 15 is 0 Å². The molecule has 5 heteroatoms. The highest BCUT2D eigenvalue weighted by atomic mass is 16.6. The van der Waals surface area contributed by atoms with E-state index in [4.69, 9.17) is 4.74 Å². The molecule has 1 aliphatic rings. The highest BCUT2D eigenvalue weighted by molar-refractivity contribution is 5.68. The average Bonchev–Trinajstić information content (AvgIpc) is 2.81. The number of aliphatic hydroxyl groups is 1. The highest BCUT2D eigenvalue weighted by Crippen LogP contribution is 2.29. The third kappa shape index (κ3) is 4.69. The Morgan fingerprint density at radius 3 is 2.61 bits per heavy atom. The van der Waals surface area contributed by atoms with E-state index < -0.39 is 5.60 Å². The number of ether oxygens (including phenoxy) is 1. The second-order valence-corrected chi connectivity index (χ2v) is 7.13. The van der Waals surface area contributed by atoms with Gasteiger partial charge in [-0.15, -0.1) is 0 Å². The number of carbonyl (C=O) groups is 1. The Morgan fingerprint density at radius 2 is 2.04 bits per heavy atom. The fourth-order valence-corrected chi connectivity index (χ4v) is 3.13. The predicted octanol–water partition coefficient (Wildman–Crippen LogP) is 2.71. The second kappa shape index (κ2) is 7.32. The minimum Gasteiger partial charge on any atom is -0.444 e. The lowest BCUT2D eigenvalue weighted by Gasteiger charge is -2.32. The molecule has 1 amide bonds. The van der Waals surface area contributed by atoms with E-state index in [1.165, 1.54) is 0 Å². The fraction of sp³-hybridized carbons (Fsp3) is 0.611. The molecule has 1 aromatic carbocycles. The van der Waals surface area contributed by atoms with Crippen molar-refractivity contribution in [2.75, 3.05) is 13.2 Å². The van der Waals surface area contributed by atoms with Crippen molar-refractivity contribution in [2.24, 2.45) is 0 Å². The number of carbonyl (C=O) groups excluding carboxylic acids is 1. The third-order valence-corrected chi connectivity index (χ3v) is 4.26. The summed E-state index contributed by atoms with van der Waals surface area (Å²) < 4.78 is 5.34. The third-order valence-electron chi connectivity index (χ3n) is 4.26. The SMILES string of the molecule is C[C@H]1[C@H](NC(=O)OC(C)(C)C)CCN1[C@H](CO)c1ccccc1. The van der Waals surface area contributed by atoms with Crippen LogP contribution in [0.5, 0.6) is 0 Å². The zero-order chi connectivity index (χ0) is 17.0. The van der Waals surface area contributed by atoms with Crippen LogP contribution in [-0.4, -0.2) is 46.9 Å². The van der Waals surface area contributed by atoms with Crippen molar-refractivity contribution in [3.63, 3.8) is 0 Å². The van der Waals surface area contributed by atoms with Crippen molar-refractivity contribution >= 4 is 6.09 Å². The topological polar surface area (TPSA) is 61.8 Å². The number of rotatable bonds is 4. The maximum Gasteiger partial charge on any atom is 0.407 e. The first-order chi connectivity index (χ1) is 10.8. The number of hydrogen-bond donors (Lipinski definition) is 2. The highest BCUT2D eigenvalue weighted by Gasteiger charge is 2.36. The molecule has 23 heavy (non-hydrogen) atoms. The molecule has 5 nitrogen and oxygen atoms in total. The molecule has 2 rings (SSSR count). The van der Waals surface area contributed by atoms with Crippen LogP contribution in [0, 0.1) is 0 Å². The Labute approximate surface area is 138 Å². The fourth-order valence-electron chi connectivity index (χ4n) is 3.13. The van der Waals surface area contributed by atoms with Gasteiger partial charge in [0.1, 0.15) is 5.60 Å². The van der Waals surface area contributed by atoms with Crippen LogP contribution in [0.25, 0.3) is 0 Å². The van der Waals surface area contributed by atoms with Crippen LogP contribution in [-0.2, 0) is 4.74 Å². The van der Waals surface area contributed by atoms with Gasteiger partial charge >= 0.3 is 6.09 Å². The molecule has 128 valence electrons. The summed E-state index contributed by atoms with van der Waals surface area (Å²) in [6.07, 6.45) is 0.473. The van der Waals surface area contributed by atoms with Crippen molar-refractivity contribution in [2.45, 2.75) is 57.8 Å². The van der Waals surface area contributed by atoms with E-state index in [2.05, 4.69) is 17.1 Å². The maximum atomic E-state index is 12.0. The number of nitrogens with zero attached hydrogens (tertiary/aromatic N) is 1. The van der Waals surface area contributed by atoms with Crippen molar-refractivity contribution in [3.8, 4) is 0 Å². The monoisotopic (exact) mass is 320 g/mol. The molecule has 1 fully saturated rings. The van der Waals surface area contributed by atoms with Crippen molar-refractivity contribution in [1.29, 1.82) is 0 Å². The van der Waals surface area contributed by atoms with E-state index in [1.807, 2.05) is 51.1 Å². The average molecular weight is 320 g/mol. The van der Waals surface area contributed by atoms with Gasteiger partial charge in [-0.1, -0.05) is 30.3 Å².